The van der Waals surface area contributed by atoms with E-state index in [9.17, 15) is 4.79 Å². The van der Waals surface area contributed by atoms with E-state index < -0.39 is 0 Å². The number of fused-ring (bicyclic) bond motifs is 2. The SMILES string of the molecule is CCN1Cc2ccccc2C[C@H]1CNC(=O)c1cc(Cl)cc2c1OC(C)(C)C2. The molecule has 28 heavy (non-hydrogen) atoms. The highest BCUT2D eigenvalue weighted by atomic mass is 35.5. The fraction of sp³-hybridized carbons (Fsp3) is 0.435. The van der Waals surface area contributed by atoms with E-state index in [0.29, 0.717) is 22.9 Å². The van der Waals surface area contributed by atoms with Crippen LogP contribution in [0, 0.1) is 0 Å². The van der Waals surface area contributed by atoms with Gasteiger partial charge in [-0.3, -0.25) is 9.69 Å². The molecule has 4 nitrogen and oxygen atoms in total. The van der Waals surface area contributed by atoms with Gasteiger partial charge in [-0.25, -0.2) is 0 Å². The number of halogens is 1. The number of hydrogen-bond acceptors (Lipinski definition) is 3. The quantitative estimate of drug-likeness (QED) is 0.837. The van der Waals surface area contributed by atoms with Gasteiger partial charge in [0.15, 0.2) is 0 Å². The standard InChI is InChI=1S/C23H27ClN2O2/c1-4-26-14-16-8-6-5-7-15(16)10-19(26)13-25-22(27)20-11-18(24)9-17-12-23(2,3)28-21(17)20/h5-9,11,19H,4,10,12-14H2,1-3H3,(H,25,27)/t19-/m0/s1. The molecule has 0 aromatic heterocycles. The van der Waals surface area contributed by atoms with Crippen LogP contribution in [0.1, 0.15) is 47.8 Å². The van der Waals surface area contributed by atoms with Crippen LogP contribution in [-0.2, 0) is 19.4 Å². The van der Waals surface area contributed by atoms with Crippen LogP contribution in [0.2, 0.25) is 5.02 Å². The lowest BCUT2D eigenvalue weighted by Crippen LogP contribution is -2.47. The molecule has 2 aliphatic rings. The molecule has 1 N–H and O–H groups in total. The van der Waals surface area contributed by atoms with Crippen molar-refractivity contribution in [1.82, 2.24) is 10.2 Å². The van der Waals surface area contributed by atoms with Gasteiger partial charge in [0, 0.05) is 36.1 Å². The summed E-state index contributed by atoms with van der Waals surface area (Å²) in [6, 6.07) is 12.5. The first-order valence-electron chi connectivity index (χ1n) is 9.97. The molecule has 5 heteroatoms. The number of hydrogen-bond donors (Lipinski definition) is 1. The molecule has 0 radical (unpaired) electrons. The number of ether oxygens (including phenoxy) is 1. The maximum Gasteiger partial charge on any atom is 0.255 e. The van der Waals surface area contributed by atoms with Gasteiger partial charge in [0.05, 0.1) is 5.56 Å². The molecule has 148 valence electrons. The fourth-order valence-corrected chi connectivity index (χ4v) is 4.60. The molecule has 2 aliphatic heterocycles. The Bertz CT molecular complexity index is 909. The molecule has 1 amide bonds. The van der Waals surface area contributed by atoms with Crippen molar-refractivity contribution in [3.05, 3.63) is 63.7 Å². The first kappa shape index (κ1) is 19.3. The van der Waals surface area contributed by atoms with E-state index in [2.05, 4.69) is 41.4 Å². The summed E-state index contributed by atoms with van der Waals surface area (Å²) in [5.41, 5.74) is 3.99. The maximum atomic E-state index is 13.0. The topological polar surface area (TPSA) is 41.6 Å². The Morgan fingerprint density at radius 2 is 2.00 bits per heavy atom. The Morgan fingerprint density at radius 1 is 1.25 bits per heavy atom. The molecule has 0 bridgehead atoms. The number of likely N-dealkylation sites (N-methyl/N-ethyl adjacent to an activating group) is 1. The zero-order valence-electron chi connectivity index (χ0n) is 16.7. The number of nitrogens with zero attached hydrogens (tertiary/aromatic N) is 1. The first-order chi connectivity index (χ1) is 13.4. The fourth-order valence-electron chi connectivity index (χ4n) is 4.36. The molecule has 2 aromatic carbocycles. The minimum atomic E-state index is -0.311. The number of nitrogens with one attached hydrogen (secondary N) is 1. The van der Waals surface area contributed by atoms with Crippen molar-refractivity contribution in [3.63, 3.8) is 0 Å². The van der Waals surface area contributed by atoms with E-state index in [-0.39, 0.29) is 17.6 Å². The molecule has 0 spiro atoms. The van der Waals surface area contributed by atoms with Crippen molar-refractivity contribution in [3.8, 4) is 5.75 Å². The molecule has 2 aromatic rings. The molecule has 2 heterocycles. The Balaban J connectivity index is 1.50. The second-order valence-electron chi connectivity index (χ2n) is 8.38. The van der Waals surface area contributed by atoms with E-state index in [1.54, 1.807) is 6.07 Å². The van der Waals surface area contributed by atoms with Gasteiger partial charge in [-0.1, -0.05) is 42.8 Å². The van der Waals surface area contributed by atoms with Gasteiger partial charge in [-0.15, -0.1) is 0 Å². The monoisotopic (exact) mass is 398 g/mol. The second kappa shape index (κ2) is 7.41. The van der Waals surface area contributed by atoms with E-state index >= 15 is 0 Å². The molecule has 0 aliphatic carbocycles. The van der Waals surface area contributed by atoms with Gasteiger partial charge in [0.25, 0.3) is 5.91 Å². The van der Waals surface area contributed by atoms with Crippen molar-refractivity contribution < 1.29 is 9.53 Å². The highest BCUT2D eigenvalue weighted by Crippen LogP contribution is 2.39. The third-order valence-corrected chi connectivity index (χ3v) is 5.96. The van der Waals surface area contributed by atoms with Crippen LogP contribution in [0.3, 0.4) is 0 Å². The van der Waals surface area contributed by atoms with E-state index in [0.717, 1.165) is 31.5 Å². The summed E-state index contributed by atoms with van der Waals surface area (Å²) in [6.45, 7) is 8.71. The lowest BCUT2D eigenvalue weighted by Gasteiger charge is -2.36. The van der Waals surface area contributed by atoms with E-state index in [1.807, 2.05) is 19.9 Å². The summed E-state index contributed by atoms with van der Waals surface area (Å²) >= 11 is 6.27. The number of benzene rings is 2. The highest BCUT2D eigenvalue weighted by molar-refractivity contribution is 6.31. The third-order valence-electron chi connectivity index (χ3n) is 5.74. The van der Waals surface area contributed by atoms with E-state index in [4.69, 9.17) is 16.3 Å². The summed E-state index contributed by atoms with van der Waals surface area (Å²) in [5, 5.41) is 3.70. The van der Waals surface area contributed by atoms with Crippen LogP contribution in [0.15, 0.2) is 36.4 Å². The lowest BCUT2D eigenvalue weighted by molar-refractivity contribution is 0.0914. The van der Waals surface area contributed by atoms with Crippen LogP contribution in [0.25, 0.3) is 0 Å². The van der Waals surface area contributed by atoms with Gasteiger partial charge in [0.1, 0.15) is 11.4 Å². The van der Waals surface area contributed by atoms with Crippen LogP contribution in [0.5, 0.6) is 5.75 Å². The minimum Gasteiger partial charge on any atom is -0.486 e. The Kier molecular flexibility index (Phi) is 5.11. The predicted molar refractivity (Wildman–Crippen MR) is 112 cm³/mol. The first-order valence-corrected chi connectivity index (χ1v) is 10.3. The third kappa shape index (κ3) is 3.76. The van der Waals surface area contributed by atoms with Crippen molar-refractivity contribution in [2.75, 3.05) is 13.1 Å². The van der Waals surface area contributed by atoms with Crippen LogP contribution in [0.4, 0.5) is 0 Å². The van der Waals surface area contributed by atoms with Gasteiger partial charge in [0.2, 0.25) is 0 Å². The molecule has 0 saturated heterocycles. The Morgan fingerprint density at radius 3 is 2.75 bits per heavy atom. The van der Waals surface area contributed by atoms with Crippen LogP contribution >= 0.6 is 11.6 Å². The average Bonchev–Trinajstić information content (AvgIpc) is 2.98. The predicted octanol–water partition coefficient (Wildman–Crippen LogP) is 4.23. The molecular formula is C23H27ClN2O2. The average molecular weight is 399 g/mol. The Hall–Kier alpha value is -2.04. The number of rotatable bonds is 4. The van der Waals surface area contributed by atoms with Crippen molar-refractivity contribution in [1.29, 1.82) is 0 Å². The van der Waals surface area contributed by atoms with Crippen LogP contribution in [-0.4, -0.2) is 35.5 Å². The molecular weight excluding hydrogens is 372 g/mol. The van der Waals surface area contributed by atoms with Crippen molar-refractivity contribution >= 4 is 17.5 Å². The van der Waals surface area contributed by atoms with Crippen LogP contribution < -0.4 is 10.1 Å². The second-order valence-corrected chi connectivity index (χ2v) is 8.82. The lowest BCUT2D eigenvalue weighted by atomic mass is 9.94. The summed E-state index contributed by atoms with van der Waals surface area (Å²) in [6.07, 6.45) is 1.70. The van der Waals surface area contributed by atoms with Crippen molar-refractivity contribution in [2.45, 2.75) is 51.8 Å². The maximum absolute atomic E-state index is 13.0. The molecule has 1 atom stereocenters. The summed E-state index contributed by atoms with van der Waals surface area (Å²) in [4.78, 5) is 15.4. The highest BCUT2D eigenvalue weighted by Gasteiger charge is 2.34. The summed E-state index contributed by atoms with van der Waals surface area (Å²) in [5.74, 6) is 0.555. The molecule has 0 unspecified atom stereocenters. The normalized spacial score (nSPS) is 20.2. The number of carbonyl (C=O) groups is 1. The zero-order chi connectivity index (χ0) is 19.9. The largest absolute Gasteiger partial charge is 0.486 e. The zero-order valence-corrected chi connectivity index (χ0v) is 17.5. The van der Waals surface area contributed by atoms with Gasteiger partial charge >= 0.3 is 0 Å². The minimum absolute atomic E-state index is 0.119. The summed E-state index contributed by atoms with van der Waals surface area (Å²) in [7, 11) is 0. The van der Waals surface area contributed by atoms with E-state index in [1.165, 1.54) is 11.1 Å². The van der Waals surface area contributed by atoms with Gasteiger partial charge < -0.3 is 10.1 Å². The summed E-state index contributed by atoms with van der Waals surface area (Å²) < 4.78 is 6.05. The van der Waals surface area contributed by atoms with Crippen molar-refractivity contribution in [2.24, 2.45) is 0 Å². The smallest absolute Gasteiger partial charge is 0.255 e. The molecule has 0 fully saturated rings. The Labute approximate surface area is 171 Å². The molecule has 4 rings (SSSR count). The number of carbonyl (C=O) groups excluding carboxylic acids is 1. The number of amides is 1. The van der Waals surface area contributed by atoms with Gasteiger partial charge in [-0.2, -0.15) is 0 Å². The van der Waals surface area contributed by atoms with Gasteiger partial charge in [-0.05, 0) is 50.1 Å². The molecule has 0 saturated carbocycles.